The first kappa shape index (κ1) is 42.3. The molecule has 0 saturated carbocycles. The first-order valence-corrected chi connectivity index (χ1v) is 23.2. The molecule has 4 aliphatic rings. The van der Waals surface area contributed by atoms with Gasteiger partial charge in [-0.2, -0.15) is 0 Å². The highest BCUT2D eigenvalue weighted by Gasteiger charge is 2.54. The van der Waals surface area contributed by atoms with E-state index in [0.717, 1.165) is 40.6 Å². The molecule has 0 spiro atoms. The summed E-state index contributed by atoms with van der Waals surface area (Å²) in [5.41, 5.74) is 6.47. The van der Waals surface area contributed by atoms with E-state index < -0.39 is 93.8 Å². The molecule has 32 heteroatoms. The van der Waals surface area contributed by atoms with Crippen LogP contribution in [0.2, 0.25) is 0 Å². The fourth-order valence-electron chi connectivity index (χ4n) is 6.88. The molecule has 0 aliphatic carbocycles. The lowest BCUT2D eigenvalue weighted by Crippen LogP contribution is -2.37. The molecular formula is C30H30F2N14O12P2S2. The van der Waals surface area contributed by atoms with Crippen molar-refractivity contribution in [1.29, 1.82) is 0 Å². The van der Waals surface area contributed by atoms with Crippen LogP contribution in [-0.2, 0) is 78.6 Å². The Balaban J connectivity index is 0.859. The van der Waals surface area contributed by atoms with Gasteiger partial charge < -0.3 is 38.8 Å². The molecule has 62 heavy (non-hydrogen) atoms. The Labute approximate surface area is 354 Å². The number of imidazole rings is 2. The first-order chi connectivity index (χ1) is 29.6. The number of carbonyl (C=O) groups is 3. The van der Waals surface area contributed by atoms with Gasteiger partial charge in [0, 0.05) is 12.2 Å². The van der Waals surface area contributed by atoms with Gasteiger partial charge in [-0.25, -0.2) is 48.2 Å². The quantitative estimate of drug-likeness (QED) is 0.120. The Hall–Kier alpha value is -4.97. The number of carbonyl (C=O) groups excluding carboxylic acids is 3. The Morgan fingerprint density at radius 2 is 1.44 bits per heavy atom. The summed E-state index contributed by atoms with van der Waals surface area (Å²) in [5.74, 6) is -1.03. The average molecular weight is 943 g/mol. The molecule has 0 aromatic carbocycles. The molecule has 3 saturated heterocycles. The highest BCUT2D eigenvalue weighted by atomic mass is 32.5. The van der Waals surface area contributed by atoms with E-state index >= 15 is 8.78 Å². The highest BCUT2D eigenvalue weighted by Crippen LogP contribution is 2.54. The van der Waals surface area contributed by atoms with Crippen molar-refractivity contribution < 1.29 is 65.3 Å². The highest BCUT2D eigenvalue weighted by molar-refractivity contribution is 8.07. The number of amides is 3. The Morgan fingerprint density at radius 3 is 2.05 bits per heavy atom. The monoisotopic (exact) mass is 942 g/mol. The van der Waals surface area contributed by atoms with Crippen molar-refractivity contribution in [3.05, 3.63) is 49.4 Å². The zero-order chi connectivity index (χ0) is 43.5. The lowest BCUT2D eigenvalue weighted by Gasteiger charge is -2.29. The van der Waals surface area contributed by atoms with E-state index in [1.54, 1.807) is 0 Å². The zero-order valence-electron chi connectivity index (χ0n) is 31.1. The lowest BCUT2D eigenvalue weighted by molar-refractivity contribution is -0.137. The number of fused-ring (bicyclic) bond motifs is 4. The van der Waals surface area contributed by atoms with Crippen molar-refractivity contribution in [2.24, 2.45) is 0 Å². The molecule has 0 radical (unpaired) electrons. The zero-order valence-corrected chi connectivity index (χ0v) is 34.5. The second-order valence-electron chi connectivity index (χ2n) is 13.6. The standard InChI is InChI=1S/C30H30F2N14O12P2S2/c31-18-22-14(55-28(18)45-11-38-20-24(33)34-9-36-26(20)45)7-53-60(51,62)58-23-15(8-54-59(50,61)57-22)56-29(19(23)32)46-12-39-21-25(35-10-37-27(21)46)40-30(49)52-4-3-43-5-13(41-42-43)6-44-16(47)1-2-17(44)48/h1-2,5,9-12,14-15,18-19,22-23,28-29H,3-4,6-8H2,(H,50,61)(H,51,62)(H2,33,34,36)(H,35,37,40,49)/t14-,15-,18-,19-,22-,23-,28-,29-,59?,60?/m1/s1. The summed E-state index contributed by atoms with van der Waals surface area (Å²) in [6.45, 7) is -10.3. The summed E-state index contributed by atoms with van der Waals surface area (Å²) in [6.07, 6.45) is -5.99. The molecule has 2 unspecified atom stereocenters. The second kappa shape index (κ2) is 16.6. The summed E-state index contributed by atoms with van der Waals surface area (Å²) in [4.78, 5) is 84.1. The fourth-order valence-corrected chi connectivity index (χ4v) is 9.75. The number of nitrogen functional groups attached to an aromatic ring is 1. The minimum absolute atomic E-state index is 0.00943. The van der Waals surface area contributed by atoms with E-state index in [1.165, 1.54) is 21.8 Å². The number of alkyl halides is 2. The van der Waals surface area contributed by atoms with E-state index in [-0.39, 0.29) is 53.7 Å². The van der Waals surface area contributed by atoms with Gasteiger partial charge in [0.25, 0.3) is 11.8 Å². The van der Waals surface area contributed by atoms with E-state index in [9.17, 15) is 24.2 Å². The van der Waals surface area contributed by atoms with Crippen LogP contribution in [0.4, 0.5) is 25.2 Å². The Morgan fingerprint density at radius 1 is 0.871 bits per heavy atom. The van der Waals surface area contributed by atoms with Gasteiger partial charge in [-0.05, 0) is 23.6 Å². The van der Waals surface area contributed by atoms with Crippen molar-refractivity contribution in [2.75, 3.05) is 30.9 Å². The second-order valence-corrected chi connectivity index (χ2v) is 19.2. The van der Waals surface area contributed by atoms with Gasteiger partial charge in [0.15, 0.2) is 53.2 Å². The third kappa shape index (κ3) is 8.31. The van der Waals surface area contributed by atoms with Crippen molar-refractivity contribution in [3.8, 4) is 0 Å². The van der Waals surface area contributed by atoms with Crippen molar-refractivity contribution >= 4 is 88.9 Å². The van der Waals surface area contributed by atoms with E-state index in [0.29, 0.717) is 5.69 Å². The van der Waals surface area contributed by atoms with Gasteiger partial charge in [-0.1, -0.05) is 5.21 Å². The smallest absolute Gasteiger partial charge is 0.412 e. The number of imide groups is 1. The maximum atomic E-state index is 16.5. The number of hydrogen-bond acceptors (Lipinski definition) is 21. The summed E-state index contributed by atoms with van der Waals surface area (Å²) >= 11 is 10.4. The number of anilines is 2. The predicted molar refractivity (Wildman–Crippen MR) is 207 cm³/mol. The lowest BCUT2D eigenvalue weighted by atomic mass is 10.1. The van der Waals surface area contributed by atoms with Crippen LogP contribution in [0.5, 0.6) is 0 Å². The molecule has 5 N–H and O–H groups in total. The van der Waals surface area contributed by atoms with Gasteiger partial charge in [0.1, 0.15) is 54.9 Å². The first-order valence-electron chi connectivity index (χ1n) is 18.0. The molecule has 10 atom stereocenters. The maximum absolute atomic E-state index is 16.5. The van der Waals surface area contributed by atoms with Crippen LogP contribution in [0.25, 0.3) is 22.3 Å². The Bertz CT molecular complexity index is 2690. The third-order valence-corrected chi connectivity index (χ3v) is 12.8. The number of ether oxygens (including phenoxy) is 3. The third-order valence-electron chi connectivity index (χ3n) is 9.72. The van der Waals surface area contributed by atoms with Crippen LogP contribution in [0.3, 0.4) is 0 Å². The number of nitrogens with two attached hydrogens (primary N) is 1. The van der Waals surface area contributed by atoms with Crippen LogP contribution >= 0.6 is 13.4 Å². The number of rotatable bonds is 8. The van der Waals surface area contributed by atoms with Crippen molar-refractivity contribution in [3.63, 3.8) is 0 Å². The summed E-state index contributed by atoms with van der Waals surface area (Å²) in [6, 6.07) is 0. The molecule has 328 valence electrons. The summed E-state index contributed by atoms with van der Waals surface area (Å²) in [5, 5.41) is 10.3. The molecule has 4 aliphatic heterocycles. The van der Waals surface area contributed by atoms with Crippen LogP contribution in [-0.4, -0.2) is 143 Å². The van der Waals surface area contributed by atoms with Crippen LogP contribution in [0.1, 0.15) is 18.1 Å². The number of hydrogen-bond donors (Lipinski definition) is 4. The van der Waals surface area contributed by atoms with E-state index in [4.69, 9.17) is 61.7 Å². The molecule has 5 aromatic rings. The number of nitrogens with one attached hydrogen (secondary N) is 1. The normalized spacial score (nSPS) is 31.6. The van der Waals surface area contributed by atoms with Crippen LogP contribution in [0.15, 0.2) is 43.7 Å². The molecule has 26 nitrogen and oxygen atoms in total. The maximum Gasteiger partial charge on any atom is 0.412 e. The summed E-state index contributed by atoms with van der Waals surface area (Å²) in [7, 11) is 0. The predicted octanol–water partition coefficient (Wildman–Crippen LogP) is 0.235. The van der Waals surface area contributed by atoms with Crippen molar-refractivity contribution in [2.45, 2.75) is 62.3 Å². The van der Waals surface area contributed by atoms with Gasteiger partial charge in [-0.15, -0.1) is 5.10 Å². The van der Waals surface area contributed by atoms with Crippen molar-refractivity contribution in [1.82, 2.24) is 58.9 Å². The van der Waals surface area contributed by atoms with E-state index in [1.807, 2.05) is 0 Å². The van der Waals surface area contributed by atoms with E-state index in [2.05, 4.69) is 45.5 Å². The van der Waals surface area contributed by atoms with Crippen LogP contribution < -0.4 is 11.1 Å². The number of aromatic nitrogens is 11. The van der Waals surface area contributed by atoms with Gasteiger partial charge in [-0.3, -0.25) is 38.0 Å². The molecule has 5 aromatic heterocycles. The average Bonchev–Trinajstić information content (AvgIpc) is 4.09. The minimum Gasteiger partial charge on any atom is -0.447 e. The number of halogens is 2. The molecule has 9 heterocycles. The molecule has 3 amide bonds. The van der Waals surface area contributed by atoms with Gasteiger partial charge in [0.2, 0.25) is 0 Å². The fraction of sp³-hybridized carbons (Fsp3) is 0.433. The Kier molecular flexibility index (Phi) is 11.4. The van der Waals surface area contributed by atoms with Gasteiger partial charge in [0.05, 0.1) is 45.2 Å². The van der Waals surface area contributed by atoms with Crippen LogP contribution in [0, 0.1) is 0 Å². The molecule has 0 bridgehead atoms. The molecule has 9 rings (SSSR count). The molecular weight excluding hydrogens is 912 g/mol. The summed E-state index contributed by atoms with van der Waals surface area (Å²) < 4.78 is 75.8. The largest absolute Gasteiger partial charge is 0.447 e. The number of nitrogens with zero attached hydrogens (tertiary/aromatic N) is 12. The minimum atomic E-state index is -4.37. The SMILES string of the molecule is Nc1ncnc2c1ncn2[C@@H]1O[C@@H]2COP(O)(=S)O[C@H]3[C@@H](F)[C@H](n4cnc5c(NC(=O)OCCn6cc(CN7C(=O)C=CC7=O)nn6)ncnc54)O[C@@H]3COP(O)(=S)O[C@H]2[C@H]1F. The molecule has 3 fully saturated rings. The van der Waals surface area contributed by atoms with Gasteiger partial charge >= 0.3 is 19.5 Å². The topological polar surface area (TPSA) is 315 Å².